The summed E-state index contributed by atoms with van der Waals surface area (Å²) in [5, 5.41) is 29.3. The Balaban J connectivity index is 0.000000567. The van der Waals surface area contributed by atoms with E-state index in [4.69, 9.17) is 44.6 Å². The summed E-state index contributed by atoms with van der Waals surface area (Å²) >= 11 is 0. The maximum Gasteiger partial charge on any atom is 0.333 e. The standard InChI is InChI=1S/C48H60N8O14.C9H13N7/c1-32-5-7-34(8-6-32)46(60)51-38(47(61)62)13-14-39(57)49-15-19-64-23-25-67-27-29-69-30-28-68-26-24-65-20-16-50-40(58)31-70-35-11-9-33(10-12-35)43-42-44(54-53-43)36-3-2-4-37(41(36)45(42)59)52-48(63)55-56-17-21-66-22-18-56;1-16(2)4-5-3-12-8-6(13-5)7(10)14-9(11)15-8/h2-12,38H,13-31H2,1H3,(H,49,57)(H,50,58)(H,51,60)(H,53,54)(H,61,62)(H2,52,55,63);3H,4H2,1-2H3,(H4,10,11,12,14,15). The van der Waals surface area contributed by atoms with Crippen molar-refractivity contribution in [2.75, 3.05) is 143 Å². The van der Waals surface area contributed by atoms with Crippen LogP contribution in [0, 0.1) is 6.92 Å². The molecule has 0 radical (unpaired) electrons. The summed E-state index contributed by atoms with van der Waals surface area (Å²) in [5.41, 5.74) is 20.5. The van der Waals surface area contributed by atoms with Gasteiger partial charge in [-0.2, -0.15) is 15.1 Å². The van der Waals surface area contributed by atoms with Gasteiger partial charge in [-0.3, -0.25) is 29.7 Å². The number of nitrogens with two attached hydrogens (primary N) is 2. The van der Waals surface area contributed by atoms with Crippen LogP contribution in [0.25, 0.3) is 33.7 Å². The zero-order valence-electron chi connectivity index (χ0n) is 48.2. The molecule has 3 aromatic carbocycles. The fourth-order valence-corrected chi connectivity index (χ4v) is 8.54. The highest BCUT2D eigenvalue weighted by Gasteiger charge is 2.35. The number of hydrogen-bond donors (Lipinski definition) is 9. The van der Waals surface area contributed by atoms with Gasteiger partial charge in [-0.05, 0) is 69.9 Å². The zero-order valence-corrected chi connectivity index (χ0v) is 48.2. The number of aliphatic carboxylic acids is 1. The van der Waals surface area contributed by atoms with Crippen LogP contribution in [0.4, 0.5) is 22.2 Å². The van der Waals surface area contributed by atoms with Crippen molar-refractivity contribution in [2.45, 2.75) is 32.4 Å². The lowest BCUT2D eigenvalue weighted by Gasteiger charge is -2.27. The number of ether oxygens (including phenoxy) is 7. The van der Waals surface area contributed by atoms with Crippen LogP contribution in [0.5, 0.6) is 5.75 Å². The minimum atomic E-state index is -1.22. The van der Waals surface area contributed by atoms with Crippen molar-refractivity contribution in [3.05, 3.63) is 101 Å². The van der Waals surface area contributed by atoms with Gasteiger partial charge in [0.25, 0.3) is 11.8 Å². The maximum atomic E-state index is 13.7. The molecule has 1 unspecified atom stereocenters. The van der Waals surface area contributed by atoms with Crippen LogP contribution in [0.2, 0.25) is 0 Å². The van der Waals surface area contributed by atoms with E-state index < -0.39 is 23.9 Å². The number of hydrazine groups is 1. The number of morpholine rings is 1. The number of carbonyl (C=O) groups excluding carboxylic acids is 5. The number of nitrogens with zero attached hydrogens (tertiary/aromatic N) is 7. The van der Waals surface area contributed by atoms with Crippen LogP contribution < -0.4 is 42.9 Å². The number of H-pyrrole nitrogens is 1. The van der Waals surface area contributed by atoms with E-state index in [1.165, 1.54) is 0 Å². The van der Waals surface area contributed by atoms with Gasteiger partial charge < -0.3 is 75.9 Å². The number of hydrogen-bond acceptors (Lipinski definition) is 22. The van der Waals surface area contributed by atoms with Gasteiger partial charge in [0.05, 0.1) is 114 Å². The highest BCUT2D eigenvalue weighted by atomic mass is 16.6. The Hall–Kier alpha value is -8.81. The van der Waals surface area contributed by atoms with E-state index in [1.54, 1.807) is 77.9 Å². The molecule has 29 heteroatoms. The SMILES string of the molecule is CN(C)Cc1cnc2nc(N)nc(N)c2n1.Cc1ccc(C(=O)NC(CCC(=O)NCCOCCOCCOCCOCCOCCNC(=O)COc2ccc(-c3n[nH]c4c3C(=O)c3c(NC(=O)NN5CCOCC5)cccc3-4)cc2)C(=O)O)cc1. The van der Waals surface area contributed by atoms with Gasteiger partial charge in [0.2, 0.25) is 11.9 Å². The minimum absolute atomic E-state index is 0.0532. The number of aromatic amines is 1. The van der Waals surface area contributed by atoms with Gasteiger partial charge in [0.15, 0.2) is 29.4 Å². The number of aryl methyl sites for hydroxylation is 1. The molecule has 11 N–H and O–H groups in total. The first-order valence-corrected chi connectivity index (χ1v) is 27.7. The van der Waals surface area contributed by atoms with E-state index in [2.05, 4.69) is 56.8 Å². The molecular weight excluding hydrogens is 1120 g/mol. The topological polar surface area (TPSA) is 386 Å². The van der Waals surface area contributed by atoms with Gasteiger partial charge in [-0.25, -0.2) is 24.6 Å². The highest BCUT2D eigenvalue weighted by Crippen LogP contribution is 2.43. The molecule has 3 aromatic heterocycles. The number of fused-ring (bicyclic) bond motifs is 4. The number of benzene rings is 3. The van der Waals surface area contributed by atoms with E-state index in [1.807, 2.05) is 25.9 Å². The van der Waals surface area contributed by atoms with Crippen molar-refractivity contribution < 1.29 is 67.0 Å². The normalized spacial score (nSPS) is 13.0. The second-order valence-corrected chi connectivity index (χ2v) is 19.6. The third-order valence-electron chi connectivity index (χ3n) is 12.8. The number of nitrogen functional groups attached to an aromatic ring is 2. The number of nitrogens with one attached hydrogen (secondary N) is 6. The quantitative estimate of drug-likeness (QED) is 0.0272. The van der Waals surface area contributed by atoms with Crippen molar-refractivity contribution in [3.8, 4) is 28.3 Å². The van der Waals surface area contributed by atoms with Gasteiger partial charge in [-0.15, -0.1) is 0 Å². The Kier molecular flexibility index (Phi) is 25.3. The molecule has 1 aliphatic carbocycles. The molecule has 0 saturated carbocycles. The Morgan fingerprint density at radius 2 is 1.41 bits per heavy atom. The number of carboxylic acid groups (broad SMARTS) is 1. The molecule has 8 rings (SSSR count). The number of aromatic nitrogens is 6. The summed E-state index contributed by atoms with van der Waals surface area (Å²) in [6.07, 6.45) is 1.54. The van der Waals surface area contributed by atoms with E-state index in [0.29, 0.717) is 154 Å². The first-order valence-electron chi connectivity index (χ1n) is 27.7. The summed E-state index contributed by atoms with van der Waals surface area (Å²) in [5.74, 6) is -1.83. The van der Waals surface area contributed by atoms with Gasteiger partial charge in [0.1, 0.15) is 17.5 Å². The molecule has 6 aromatic rings. The van der Waals surface area contributed by atoms with Gasteiger partial charge in [0, 0.05) is 55.8 Å². The molecule has 5 amide bonds. The average molecular weight is 1190 g/mol. The molecule has 4 heterocycles. The van der Waals surface area contributed by atoms with Crippen LogP contribution >= 0.6 is 0 Å². The first-order chi connectivity index (χ1) is 41.6. The Morgan fingerprint density at radius 3 is 2.03 bits per heavy atom. The number of carbonyl (C=O) groups is 6. The second-order valence-electron chi connectivity index (χ2n) is 19.6. The monoisotopic (exact) mass is 1190 g/mol. The molecule has 1 fully saturated rings. The molecular formula is C57H73N15O14. The lowest BCUT2D eigenvalue weighted by molar-refractivity contribution is -0.139. The highest BCUT2D eigenvalue weighted by molar-refractivity contribution is 6.27. The largest absolute Gasteiger partial charge is 0.484 e. The predicted octanol–water partition coefficient (Wildman–Crippen LogP) is 1.97. The lowest BCUT2D eigenvalue weighted by Crippen LogP contribution is -2.49. The predicted molar refractivity (Wildman–Crippen MR) is 314 cm³/mol. The number of carboxylic acids is 1. The van der Waals surface area contributed by atoms with Gasteiger partial charge in [-0.1, -0.05) is 29.8 Å². The molecule has 29 nitrogen and oxygen atoms in total. The van der Waals surface area contributed by atoms with Crippen LogP contribution in [0.3, 0.4) is 0 Å². The molecule has 1 saturated heterocycles. The Morgan fingerprint density at radius 1 is 0.779 bits per heavy atom. The molecule has 2 aliphatic rings. The molecule has 86 heavy (non-hydrogen) atoms. The summed E-state index contributed by atoms with van der Waals surface area (Å²) in [7, 11) is 3.91. The van der Waals surface area contributed by atoms with Crippen LogP contribution in [-0.4, -0.2) is 213 Å². The average Bonchev–Trinajstić information content (AvgIpc) is 1.74. The molecule has 0 bridgehead atoms. The van der Waals surface area contributed by atoms with E-state index in [-0.39, 0.29) is 68.5 Å². The molecule has 0 spiro atoms. The van der Waals surface area contributed by atoms with E-state index >= 15 is 0 Å². The molecule has 1 atom stereocenters. The molecule has 460 valence electrons. The fourth-order valence-electron chi connectivity index (χ4n) is 8.54. The summed E-state index contributed by atoms with van der Waals surface area (Å²) < 4.78 is 38.4. The summed E-state index contributed by atoms with van der Waals surface area (Å²) in [4.78, 5) is 93.3. The van der Waals surface area contributed by atoms with Crippen molar-refractivity contribution >= 4 is 64.1 Å². The van der Waals surface area contributed by atoms with E-state index in [0.717, 1.165) is 11.3 Å². The van der Waals surface area contributed by atoms with Crippen molar-refractivity contribution in [2.24, 2.45) is 0 Å². The number of amides is 5. The van der Waals surface area contributed by atoms with E-state index in [9.17, 15) is 33.9 Å². The van der Waals surface area contributed by atoms with Crippen molar-refractivity contribution in [1.29, 1.82) is 0 Å². The minimum Gasteiger partial charge on any atom is -0.484 e. The zero-order chi connectivity index (χ0) is 61.2. The summed E-state index contributed by atoms with van der Waals surface area (Å²) in [6.45, 7) is 8.45. The smallest absolute Gasteiger partial charge is 0.333 e. The maximum absolute atomic E-state index is 13.7. The van der Waals surface area contributed by atoms with Crippen LogP contribution in [0.1, 0.15) is 50.4 Å². The Bertz CT molecular complexity index is 3220. The second kappa shape index (κ2) is 33.6. The third kappa shape index (κ3) is 20.2. The van der Waals surface area contributed by atoms with Crippen LogP contribution in [-0.2, 0) is 49.3 Å². The number of urea groups is 1. The fraction of sp³-hybridized carbons (Fsp3) is 0.421. The van der Waals surface area contributed by atoms with Crippen LogP contribution in [0.15, 0.2) is 72.9 Å². The first kappa shape index (κ1) is 64.7. The van der Waals surface area contributed by atoms with Crippen molar-refractivity contribution in [1.82, 2.24) is 61.4 Å². The third-order valence-corrected chi connectivity index (χ3v) is 12.8. The number of rotatable bonds is 32. The van der Waals surface area contributed by atoms with Gasteiger partial charge >= 0.3 is 12.0 Å². The number of anilines is 3. The summed E-state index contributed by atoms with van der Waals surface area (Å²) in [6, 6.07) is 17.3. The Labute approximate surface area is 495 Å². The van der Waals surface area contributed by atoms with Crippen molar-refractivity contribution in [3.63, 3.8) is 0 Å². The number of ketones is 1. The molecule has 1 aliphatic heterocycles. The lowest BCUT2D eigenvalue weighted by atomic mass is 10.0.